The molecule has 140 valence electrons. The fourth-order valence-electron chi connectivity index (χ4n) is 3.80. The van der Waals surface area contributed by atoms with Crippen molar-refractivity contribution < 1.29 is 0 Å². The van der Waals surface area contributed by atoms with E-state index in [0.29, 0.717) is 6.04 Å². The molecule has 2 aromatic heterocycles. The zero-order valence-electron chi connectivity index (χ0n) is 16.1. The second kappa shape index (κ2) is 9.74. The average molecular weight is 354 g/mol. The van der Waals surface area contributed by atoms with E-state index in [1.165, 1.54) is 24.9 Å². The molecule has 1 fully saturated rings. The predicted molar refractivity (Wildman–Crippen MR) is 105 cm³/mol. The molecule has 3 heterocycles. The highest BCUT2D eigenvalue weighted by molar-refractivity contribution is 5.08. The first-order chi connectivity index (χ1) is 12.8. The third-order valence-electron chi connectivity index (χ3n) is 5.12. The second-order valence-corrected chi connectivity index (χ2v) is 7.17. The number of rotatable bonds is 9. The van der Waals surface area contributed by atoms with Crippen LogP contribution in [0.2, 0.25) is 0 Å². The summed E-state index contributed by atoms with van der Waals surface area (Å²) in [6.45, 7) is 9.60. The van der Waals surface area contributed by atoms with Gasteiger partial charge in [-0.15, -0.1) is 0 Å². The Morgan fingerprint density at radius 3 is 2.65 bits per heavy atom. The molecule has 5 nitrogen and oxygen atoms in total. The summed E-state index contributed by atoms with van der Waals surface area (Å²) in [7, 11) is 0. The monoisotopic (exact) mass is 353 g/mol. The van der Waals surface area contributed by atoms with E-state index >= 15 is 0 Å². The van der Waals surface area contributed by atoms with Crippen LogP contribution in [0.4, 0.5) is 0 Å². The molecule has 0 bridgehead atoms. The third-order valence-corrected chi connectivity index (χ3v) is 5.12. The lowest BCUT2D eigenvalue weighted by Crippen LogP contribution is -2.40. The Kier molecular flexibility index (Phi) is 7.09. The molecule has 0 amide bonds. The lowest BCUT2D eigenvalue weighted by Gasteiger charge is -2.30. The minimum Gasteiger partial charge on any atom is -0.299 e. The van der Waals surface area contributed by atoms with Gasteiger partial charge in [-0.05, 0) is 44.5 Å². The Balaban J connectivity index is 1.69. The van der Waals surface area contributed by atoms with Crippen LogP contribution in [-0.4, -0.2) is 50.4 Å². The number of aromatic nitrogens is 3. The van der Waals surface area contributed by atoms with Gasteiger partial charge in [0.15, 0.2) is 0 Å². The van der Waals surface area contributed by atoms with Gasteiger partial charge in [-0.3, -0.25) is 14.8 Å². The molecular weight excluding hydrogens is 322 g/mol. The standard InChI is InChI=1S/C21H31N5/c1-3-8-21-23-13-18(14-24-21)15-25(16-19-9-5-6-11-22-19)17-20-10-7-12-26(20)4-2/h5-6,9,11,13-14,20H,3-4,7-8,10,12,15-17H2,1-2H3/t20-/m1/s1. The fourth-order valence-corrected chi connectivity index (χ4v) is 3.80. The van der Waals surface area contributed by atoms with Crippen molar-refractivity contribution in [3.05, 3.63) is 53.9 Å². The predicted octanol–water partition coefficient (Wildman–Crippen LogP) is 3.31. The maximum atomic E-state index is 4.53. The van der Waals surface area contributed by atoms with Crippen molar-refractivity contribution in [1.82, 2.24) is 24.8 Å². The molecule has 1 aliphatic rings. The molecule has 2 aromatic rings. The van der Waals surface area contributed by atoms with E-state index in [9.17, 15) is 0 Å². The van der Waals surface area contributed by atoms with Crippen molar-refractivity contribution in [2.45, 2.75) is 58.7 Å². The Labute approximate surface area is 157 Å². The summed E-state index contributed by atoms with van der Waals surface area (Å²) in [5, 5.41) is 0. The Morgan fingerprint density at radius 2 is 1.96 bits per heavy atom. The molecule has 0 aliphatic carbocycles. The lowest BCUT2D eigenvalue weighted by molar-refractivity contribution is 0.164. The van der Waals surface area contributed by atoms with Gasteiger partial charge < -0.3 is 0 Å². The van der Waals surface area contributed by atoms with E-state index in [-0.39, 0.29) is 0 Å². The van der Waals surface area contributed by atoms with Crippen molar-refractivity contribution in [2.75, 3.05) is 19.6 Å². The summed E-state index contributed by atoms with van der Waals surface area (Å²) in [6, 6.07) is 6.80. The minimum absolute atomic E-state index is 0.643. The molecule has 0 saturated carbocycles. The molecule has 26 heavy (non-hydrogen) atoms. The van der Waals surface area contributed by atoms with Gasteiger partial charge in [0.05, 0.1) is 5.69 Å². The molecule has 3 rings (SSSR count). The van der Waals surface area contributed by atoms with Crippen molar-refractivity contribution in [3.63, 3.8) is 0 Å². The summed E-state index contributed by atoms with van der Waals surface area (Å²) in [4.78, 5) is 18.7. The van der Waals surface area contributed by atoms with Gasteiger partial charge in [-0.2, -0.15) is 0 Å². The first-order valence-electron chi connectivity index (χ1n) is 9.94. The highest BCUT2D eigenvalue weighted by atomic mass is 15.2. The number of likely N-dealkylation sites (tertiary alicyclic amines) is 1. The Hall–Kier alpha value is -1.85. The van der Waals surface area contributed by atoms with E-state index < -0.39 is 0 Å². The van der Waals surface area contributed by atoms with E-state index in [1.54, 1.807) is 0 Å². The molecule has 0 radical (unpaired) electrons. The normalized spacial score (nSPS) is 17.9. The maximum Gasteiger partial charge on any atom is 0.128 e. The largest absolute Gasteiger partial charge is 0.299 e. The summed E-state index contributed by atoms with van der Waals surface area (Å²) in [6.07, 6.45) is 10.5. The van der Waals surface area contributed by atoms with E-state index in [4.69, 9.17) is 0 Å². The van der Waals surface area contributed by atoms with Gasteiger partial charge in [0.2, 0.25) is 0 Å². The van der Waals surface area contributed by atoms with Crippen LogP contribution in [0.15, 0.2) is 36.8 Å². The lowest BCUT2D eigenvalue weighted by atomic mass is 10.1. The molecule has 0 spiro atoms. The zero-order valence-corrected chi connectivity index (χ0v) is 16.1. The van der Waals surface area contributed by atoms with Crippen LogP contribution in [0, 0.1) is 0 Å². The van der Waals surface area contributed by atoms with Crippen molar-refractivity contribution in [1.29, 1.82) is 0 Å². The zero-order chi connectivity index (χ0) is 18.2. The van der Waals surface area contributed by atoms with Crippen LogP contribution in [0.3, 0.4) is 0 Å². The third kappa shape index (κ3) is 5.32. The van der Waals surface area contributed by atoms with E-state index in [2.05, 4.69) is 50.7 Å². The smallest absolute Gasteiger partial charge is 0.128 e. The summed E-state index contributed by atoms with van der Waals surface area (Å²) in [5.41, 5.74) is 2.30. The summed E-state index contributed by atoms with van der Waals surface area (Å²) >= 11 is 0. The number of hydrogen-bond acceptors (Lipinski definition) is 5. The molecule has 1 saturated heterocycles. The first-order valence-corrected chi connectivity index (χ1v) is 9.94. The van der Waals surface area contributed by atoms with Gasteiger partial charge in [0.1, 0.15) is 5.82 Å². The van der Waals surface area contributed by atoms with Crippen molar-refractivity contribution in [2.24, 2.45) is 0 Å². The number of pyridine rings is 1. The number of hydrogen-bond donors (Lipinski definition) is 0. The van der Waals surface area contributed by atoms with Crippen molar-refractivity contribution >= 4 is 0 Å². The quantitative estimate of drug-likeness (QED) is 0.692. The Bertz CT molecular complexity index is 643. The van der Waals surface area contributed by atoms with Gasteiger partial charge in [0.25, 0.3) is 0 Å². The molecule has 5 heteroatoms. The second-order valence-electron chi connectivity index (χ2n) is 7.17. The molecule has 1 atom stereocenters. The van der Waals surface area contributed by atoms with Crippen LogP contribution in [-0.2, 0) is 19.5 Å². The van der Waals surface area contributed by atoms with Gasteiger partial charge in [0, 0.05) is 56.3 Å². The van der Waals surface area contributed by atoms with Crippen LogP contribution in [0.5, 0.6) is 0 Å². The van der Waals surface area contributed by atoms with Gasteiger partial charge >= 0.3 is 0 Å². The fraction of sp³-hybridized carbons (Fsp3) is 0.571. The highest BCUT2D eigenvalue weighted by Crippen LogP contribution is 2.19. The van der Waals surface area contributed by atoms with Gasteiger partial charge in [-0.1, -0.05) is 19.9 Å². The van der Waals surface area contributed by atoms with Gasteiger partial charge in [-0.25, -0.2) is 9.97 Å². The molecule has 0 N–H and O–H groups in total. The summed E-state index contributed by atoms with van der Waals surface area (Å²) in [5.74, 6) is 0.945. The van der Waals surface area contributed by atoms with Crippen LogP contribution < -0.4 is 0 Å². The average Bonchev–Trinajstić information content (AvgIpc) is 3.11. The highest BCUT2D eigenvalue weighted by Gasteiger charge is 2.25. The van der Waals surface area contributed by atoms with E-state index in [0.717, 1.165) is 50.5 Å². The summed E-state index contributed by atoms with van der Waals surface area (Å²) < 4.78 is 0. The number of aryl methyl sites for hydroxylation is 1. The Morgan fingerprint density at radius 1 is 1.12 bits per heavy atom. The van der Waals surface area contributed by atoms with E-state index in [1.807, 2.05) is 24.7 Å². The number of likely N-dealkylation sites (N-methyl/N-ethyl adjacent to an activating group) is 1. The van der Waals surface area contributed by atoms with Crippen LogP contribution >= 0.6 is 0 Å². The number of nitrogens with zero attached hydrogens (tertiary/aromatic N) is 5. The van der Waals surface area contributed by atoms with Crippen LogP contribution in [0.25, 0.3) is 0 Å². The molecule has 0 unspecified atom stereocenters. The van der Waals surface area contributed by atoms with Crippen molar-refractivity contribution in [3.8, 4) is 0 Å². The molecule has 0 aromatic carbocycles. The topological polar surface area (TPSA) is 45.2 Å². The van der Waals surface area contributed by atoms with Crippen LogP contribution in [0.1, 0.15) is 50.2 Å². The molecule has 1 aliphatic heterocycles. The maximum absolute atomic E-state index is 4.53. The minimum atomic E-state index is 0.643. The SMILES string of the molecule is CCCc1ncc(CN(Cc2ccccn2)C[C@H]2CCCN2CC)cn1. The first kappa shape index (κ1) is 18.9. The molecular formula is C21H31N5.